The van der Waals surface area contributed by atoms with Gasteiger partial charge in [-0.2, -0.15) is 0 Å². The van der Waals surface area contributed by atoms with Crippen LogP contribution in [0, 0.1) is 0 Å². The molecule has 0 aliphatic carbocycles. The quantitative estimate of drug-likeness (QED) is 0.380. The Kier molecular flexibility index (Phi) is 4.76. The summed E-state index contributed by atoms with van der Waals surface area (Å²) in [7, 11) is 0. The van der Waals surface area contributed by atoms with Crippen LogP contribution < -0.4 is 5.32 Å². The number of hydrogen-bond donors (Lipinski definition) is 4. The third-order valence-electron chi connectivity index (χ3n) is 1.21. The highest BCUT2D eigenvalue weighted by molar-refractivity contribution is 5.76. The second-order valence-corrected chi connectivity index (χ2v) is 2.27. The molecule has 0 aliphatic rings. The van der Waals surface area contributed by atoms with Crippen LogP contribution in [0.15, 0.2) is 0 Å². The third kappa shape index (κ3) is 4.72. The van der Waals surface area contributed by atoms with Gasteiger partial charge in [0.2, 0.25) is 5.91 Å². The van der Waals surface area contributed by atoms with Crippen molar-refractivity contribution in [3.8, 4) is 0 Å². The van der Waals surface area contributed by atoms with Crippen molar-refractivity contribution >= 4 is 5.91 Å². The first-order valence-corrected chi connectivity index (χ1v) is 3.31. The Balaban J connectivity index is 3.45. The molecule has 0 aliphatic heterocycles. The van der Waals surface area contributed by atoms with Gasteiger partial charge in [0.25, 0.3) is 0 Å². The molecular weight excluding hydrogens is 150 g/mol. The van der Waals surface area contributed by atoms with Crippen LogP contribution in [0.3, 0.4) is 0 Å². The Bertz CT molecular complexity index is 126. The molecule has 0 bridgehead atoms. The lowest BCUT2D eigenvalue weighted by atomic mass is 10.2. The summed E-state index contributed by atoms with van der Waals surface area (Å²) in [6.07, 6.45) is -1.86. The van der Waals surface area contributed by atoms with Gasteiger partial charge in [-0.25, -0.2) is 0 Å². The molecule has 2 unspecified atom stereocenters. The largest absolute Gasteiger partial charge is 0.391 e. The van der Waals surface area contributed by atoms with Crippen molar-refractivity contribution in [3.63, 3.8) is 0 Å². The molecule has 0 radical (unpaired) electrons. The summed E-state index contributed by atoms with van der Waals surface area (Å²) < 4.78 is 0. The average molecular weight is 163 g/mol. The lowest BCUT2D eigenvalue weighted by molar-refractivity contribution is -0.124. The Morgan fingerprint density at radius 3 is 2.45 bits per heavy atom. The maximum Gasteiger partial charge on any atom is 0.245 e. The van der Waals surface area contributed by atoms with Gasteiger partial charge < -0.3 is 20.6 Å². The van der Waals surface area contributed by atoms with Crippen LogP contribution in [0.4, 0.5) is 0 Å². The van der Waals surface area contributed by atoms with Crippen LogP contribution >= 0.6 is 0 Å². The molecule has 0 aromatic carbocycles. The van der Waals surface area contributed by atoms with Gasteiger partial charge >= 0.3 is 0 Å². The molecule has 0 fully saturated rings. The van der Waals surface area contributed by atoms with Crippen molar-refractivity contribution in [1.82, 2.24) is 5.32 Å². The highest BCUT2D eigenvalue weighted by Crippen LogP contribution is 1.88. The molecule has 0 rings (SSSR count). The molecule has 5 heteroatoms. The number of rotatable bonds is 4. The van der Waals surface area contributed by atoms with E-state index in [-0.39, 0.29) is 6.54 Å². The molecule has 0 heterocycles. The SMILES string of the molecule is CC(O)C(O)CNC(=O)CO. The summed E-state index contributed by atoms with van der Waals surface area (Å²) in [5.74, 6) is -0.565. The van der Waals surface area contributed by atoms with Gasteiger partial charge in [0.15, 0.2) is 0 Å². The lowest BCUT2D eigenvalue weighted by Gasteiger charge is -2.13. The minimum absolute atomic E-state index is 0.0446. The fourth-order valence-corrected chi connectivity index (χ4v) is 0.445. The van der Waals surface area contributed by atoms with Crippen LogP contribution in [-0.4, -0.2) is 46.6 Å². The van der Waals surface area contributed by atoms with E-state index in [9.17, 15) is 4.79 Å². The maximum atomic E-state index is 10.4. The summed E-state index contributed by atoms with van der Waals surface area (Å²) in [6, 6.07) is 0. The Hall–Kier alpha value is -0.650. The van der Waals surface area contributed by atoms with Crippen molar-refractivity contribution < 1.29 is 20.1 Å². The van der Waals surface area contributed by atoms with Crippen LogP contribution in [0.2, 0.25) is 0 Å². The van der Waals surface area contributed by atoms with Gasteiger partial charge in [0, 0.05) is 6.54 Å². The summed E-state index contributed by atoms with van der Waals surface area (Å²) >= 11 is 0. The highest BCUT2D eigenvalue weighted by Gasteiger charge is 2.10. The number of carbonyl (C=O) groups is 1. The van der Waals surface area contributed by atoms with Gasteiger partial charge in [-0.15, -0.1) is 0 Å². The monoisotopic (exact) mass is 163 g/mol. The minimum atomic E-state index is -0.981. The van der Waals surface area contributed by atoms with Crippen molar-refractivity contribution in [1.29, 1.82) is 0 Å². The maximum absolute atomic E-state index is 10.4. The number of aliphatic hydroxyl groups excluding tert-OH is 3. The first-order valence-electron chi connectivity index (χ1n) is 3.31. The third-order valence-corrected chi connectivity index (χ3v) is 1.21. The Morgan fingerprint density at radius 1 is 1.55 bits per heavy atom. The number of hydrogen-bond acceptors (Lipinski definition) is 4. The molecule has 0 aromatic heterocycles. The number of aliphatic hydroxyl groups is 3. The van der Waals surface area contributed by atoms with Gasteiger partial charge in [0.1, 0.15) is 6.61 Å². The summed E-state index contributed by atoms with van der Waals surface area (Å²) in [5, 5.41) is 28.1. The van der Waals surface area contributed by atoms with Crippen molar-refractivity contribution in [3.05, 3.63) is 0 Å². The van der Waals surface area contributed by atoms with Gasteiger partial charge in [0.05, 0.1) is 12.2 Å². The van der Waals surface area contributed by atoms with E-state index in [4.69, 9.17) is 15.3 Å². The highest BCUT2D eigenvalue weighted by atomic mass is 16.3. The van der Waals surface area contributed by atoms with E-state index >= 15 is 0 Å². The standard InChI is InChI=1S/C6H13NO4/c1-4(9)5(10)2-7-6(11)3-8/h4-5,8-10H,2-3H2,1H3,(H,7,11). The molecule has 2 atom stereocenters. The number of amides is 1. The second kappa shape index (κ2) is 5.06. The number of carbonyl (C=O) groups excluding carboxylic acids is 1. The molecule has 1 amide bonds. The van der Waals surface area contributed by atoms with Crippen LogP contribution in [0.25, 0.3) is 0 Å². The zero-order chi connectivity index (χ0) is 8.85. The van der Waals surface area contributed by atoms with E-state index in [0.717, 1.165) is 0 Å². The van der Waals surface area contributed by atoms with E-state index < -0.39 is 24.7 Å². The number of nitrogens with one attached hydrogen (secondary N) is 1. The fourth-order valence-electron chi connectivity index (χ4n) is 0.445. The smallest absolute Gasteiger partial charge is 0.245 e. The van der Waals surface area contributed by atoms with E-state index in [1.807, 2.05) is 0 Å². The van der Waals surface area contributed by atoms with Gasteiger partial charge in [-0.1, -0.05) is 0 Å². The van der Waals surface area contributed by atoms with E-state index in [1.165, 1.54) is 6.92 Å². The van der Waals surface area contributed by atoms with Crippen molar-refractivity contribution in [2.24, 2.45) is 0 Å². The topological polar surface area (TPSA) is 89.8 Å². The van der Waals surface area contributed by atoms with Gasteiger partial charge in [-0.3, -0.25) is 4.79 Å². The minimum Gasteiger partial charge on any atom is -0.391 e. The molecule has 0 spiro atoms. The van der Waals surface area contributed by atoms with E-state index in [0.29, 0.717) is 0 Å². The van der Waals surface area contributed by atoms with Crippen molar-refractivity contribution in [2.45, 2.75) is 19.1 Å². The Morgan fingerprint density at radius 2 is 2.09 bits per heavy atom. The van der Waals surface area contributed by atoms with E-state index in [1.54, 1.807) is 0 Å². The second-order valence-electron chi connectivity index (χ2n) is 2.27. The van der Waals surface area contributed by atoms with E-state index in [2.05, 4.69) is 5.32 Å². The van der Waals surface area contributed by atoms with Crippen LogP contribution in [0.5, 0.6) is 0 Å². The zero-order valence-electron chi connectivity index (χ0n) is 6.32. The summed E-state index contributed by atoms with van der Waals surface area (Å²) in [4.78, 5) is 10.4. The first kappa shape index (κ1) is 10.3. The molecule has 0 aromatic rings. The normalized spacial score (nSPS) is 15.6. The van der Waals surface area contributed by atoms with Crippen LogP contribution in [0.1, 0.15) is 6.92 Å². The molecule has 66 valence electrons. The molecular formula is C6H13NO4. The average Bonchev–Trinajstić information content (AvgIpc) is 1.99. The zero-order valence-corrected chi connectivity index (χ0v) is 6.32. The summed E-state index contributed by atoms with van der Waals surface area (Å²) in [5.41, 5.74) is 0. The fraction of sp³-hybridized carbons (Fsp3) is 0.833. The van der Waals surface area contributed by atoms with Crippen LogP contribution in [-0.2, 0) is 4.79 Å². The van der Waals surface area contributed by atoms with Crippen molar-refractivity contribution in [2.75, 3.05) is 13.2 Å². The molecule has 11 heavy (non-hydrogen) atoms. The Labute approximate surface area is 64.7 Å². The first-order chi connectivity index (χ1) is 5.07. The van der Waals surface area contributed by atoms with Gasteiger partial charge in [-0.05, 0) is 6.92 Å². The predicted octanol–water partition coefficient (Wildman–Crippen LogP) is -2.16. The predicted molar refractivity (Wildman–Crippen MR) is 37.8 cm³/mol. The molecule has 0 saturated heterocycles. The molecule has 4 N–H and O–H groups in total. The lowest BCUT2D eigenvalue weighted by Crippen LogP contribution is -2.38. The summed E-state index contributed by atoms with van der Waals surface area (Å²) in [6.45, 7) is 0.763. The molecule has 5 nitrogen and oxygen atoms in total. The molecule has 0 saturated carbocycles.